The van der Waals surface area contributed by atoms with Crippen molar-refractivity contribution >= 4 is 22.6 Å². The minimum atomic E-state index is -0.613. The Morgan fingerprint density at radius 3 is 2.48 bits per heavy atom. The van der Waals surface area contributed by atoms with Gasteiger partial charge < -0.3 is 24.1 Å². The molecule has 0 aliphatic carbocycles. The van der Waals surface area contributed by atoms with Gasteiger partial charge in [0, 0.05) is 35.5 Å². The van der Waals surface area contributed by atoms with Gasteiger partial charge in [0.25, 0.3) is 0 Å². The van der Waals surface area contributed by atoms with Gasteiger partial charge in [-0.1, -0.05) is 42.5 Å². The first kappa shape index (κ1) is 29.5. The third kappa shape index (κ3) is 6.27. The zero-order valence-corrected chi connectivity index (χ0v) is 25.5. The number of carbonyl (C=O) groups is 1. The molecule has 0 saturated carbocycles. The van der Waals surface area contributed by atoms with E-state index in [0.29, 0.717) is 40.2 Å². The molecule has 1 fully saturated rings. The lowest BCUT2D eigenvalue weighted by Crippen LogP contribution is -2.35. The second kappa shape index (κ2) is 11.7. The van der Waals surface area contributed by atoms with Gasteiger partial charge in [0.2, 0.25) is 0 Å². The highest BCUT2D eigenvalue weighted by Gasteiger charge is 2.24. The highest BCUT2D eigenvalue weighted by molar-refractivity contribution is 5.96. The van der Waals surface area contributed by atoms with Crippen molar-refractivity contribution < 1.29 is 18.7 Å². The zero-order chi connectivity index (χ0) is 30.2. The van der Waals surface area contributed by atoms with E-state index in [2.05, 4.69) is 29.4 Å². The lowest BCUT2D eigenvalue weighted by atomic mass is 9.98. The molecule has 5 rings (SSSR count). The molecule has 3 aromatic carbocycles. The van der Waals surface area contributed by atoms with Crippen molar-refractivity contribution in [2.24, 2.45) is 0 Å². The number of nitrogens with zero attached hydrogens (tertiary/aromatic N) is 1. The molecule has 1 saturated heterocycles. The highest BCUT2D eigenvalue weighted by Crippen LogP contribution is 2.34. The molecule has 2 heterocycles. The zero-order valence-electron chi connectivity index (χ0n) is 25.5. The number of anilines is 1. The predicted octanol–water partition coefficient (Wildman–Crippen LogP) is 7.21. The normalized spacial score (nSPS) is 16.8. The van der Waals surface area contributed by atoms with Gasteiger partial charge in [-0.25, -0.2) is 4.79 Å². The molecular weight excluding hydrogens is 528 g/mol. The van der Waals surface area contributed by atoms with Crippen LogP contribution in [0.15, 0.2) is 69.9 Å². The van der Waals surface area contributed by atoms with Crippen molar-refractivity contribution in [3.63, 3.8) is 0 Å². The van der Waals surface area contributed by atoms with Crippen LogP contribution >= 0.6 is 0 Å². The van der Waals surface area contributed by atoms with E-state index >= 15 is 0 Å². The molecule has 0 bridgehead atoms. The summed E-state index contributed by atoms with van der Waals surface area (Å²) in [4.78, 5) is 28.9. The number of hydrogen-bond acceptors (Lipinski definition) is 7. The number of nitrogens with one attached hydrogen (secondary N) is 1. The summed E-state index contributed by atoms with van der Waals surface area (Å²) in [6.07, 6.45) is 0.0209. The van der Waals surface area contributed by atoms with E-state index in [-0.39, 0.29) is 17.6 Å². The smallest absolute Gasteiger partial charge is 0.340 e. The Hall–Kier alpha value is -3.94. The summed E-state index contributed by atoms with van der Waals surface area (Å²) < 4.78 is 18.2. The standard InChI is InChI=1S/C35H40N2O5/c1-21-18-27(23(3)36-29-11-9-8-10-26(29)34(39)42-35(4,5)6)33-28(19-21)31(38)22(2)32(41-33)25-14-12-24(13-15-25)30-20-37(7)16-17-40-30/h8-15,18-19,23,30,36H,16-17,20H2,1-7H3/t23-,30?/m1/s1. The first-order chi connectivity index (χ1) is 19.9. The van der Waals surface area contributed by atoms with Crippen LogP contribution in [0.25, 0.3) is 22.3 Å². The second-order valence-electron chi connectivity index (χ2n) is 12.3. The number of fused-ring (bicyclic) bond motifs is 1. The van der Waals surface area contributed by atoms with Gasteiger partial charge in [-0.15, -0.1) is 0 Å². The fourth-order valence-electron chi connectivity index (χ4n) is 5.42. The summed E-state index contributed by atoms with van der Waals surface area (Å²) in [5.74, 6) is 0.150. The van der Waals surface area contributed by atoms with Crippen LogP contribution in [0.1, 0.15) is 72.5 Å². The van der Waals surface area contributed by atoms with Crippen LogP contribution < -0.4 is 10.7 Å². The molecule has 7 nitrogen and oxygen atoms in total. The fraction of sp³-hybridized carbons (Fsp3) is 0.371. The van der Waals surface area contributed by atoms with Crippen molar-refractivity contribution in [2.45, 2.75) is 59.3 Å². The molecule has 1 aliphatic heterocycles. The van der Waals surface area contributed by atoms with Crippen LogP contribution in [0.2, 0.25) is 0 Å². The number of aryl methyl sites for hydroxylation is 1. The highest BCUT2D eigenvalue weighted by atomic mass is 16.6. The number of rotatable bonds is 6. The van der Waals surface area contributed by atoms with Gasteiger partial charge in [0.1, 0.15) is 16.9 Å². The van der Waals surface area contributed by atoms with Crippen molar-refractivity contribution in [1.82, 2.24) is 4.90 Å². The summed E-state index contributed by atoms with van der Waals surface area (Å²) in [5, 5.41) is 4.01. The minimum Gasteiger partial charge on any atom is -0.456 e. The van der Waals surface area contributed by atoms with E-state index in [9.17, 15) is 9.59 Å². The Labute approximate surface area is 247 Å². The molecule has 42 heavy (non-hydrogen) atoms. The summed E-state index contributed by atoms with van der Waals surface area (Å²) in [6, 6.07) is 19.0. The van der Waals surface area contributed by atoms with Crippen LogP contribution in [0.4, 0.5) is 5.69 Å². The SMILES string of the molecule is Cc1cc([C@@H](C)Nc2ccccc2C(=O)OC(C)(C)C)c2oc(-c3ccc(C4CN(C)CCO4)cc3)c(C)c(=O)c2c1. The Kier molecular flexibility index (Phi) is 8.26. The maximum atomic E-state index is 13.7. The number of morpholine rings is 1. The minimum absolute atomic E-state index is 0.0209. The first-order valence-corrected chi connectivity index (χ1v) is 14.5. The second-order valence-corrected chi connectivity index (χ2v) is 12.3. The molecular formula is C35H40N2O5. The van der Waals surface area contributed by atoms with Gasteiger partial charge in [0.05, 0.1) is 29.7 Å². The van der Waals surface area contributed by atoms with E-state index in [1.165, 1.54) is 0 Å². The van der Waals surface area contributed by atoms with Crippen LogP contribution in [0.3, 0.4) is 0 Å². The average Bonchev–Trinajstić information content (AvgIpc) is 2.94. The molecule has 0 amide bonds. The van der Waals surface area contributed by atoms with E-state index in [0.717, 1.165) is 35.3 Å². The Morgan fingerprint density at radius 2 is 1.79 bits per heavy atom. The topological polar surface area (TPSA) is 81.0 Å². The lowest BCUT2D eigenvalue weighted by Gasteiger charge is -2.30. The fourth-order valence-corrected chi connectivity index (χ4v) is 5.42. The van der Waals surface area contributed by atoms with Gasteiger partial charge >= 0.3 is 5.97 Å². The van der Waals surface area contributed by atoms with Crippen LogP contribution in [0.5, 0.6) is 0 Å². The number of likely N-dealkylation sites (N-methyl/N-ethyl adjacent to an activating group) is 1. The number of benzene rings is 3. The predicted molar refractivity (Wildman–Crippen MR) is 167 cm³/mol. The van der Waals surface area contributed by atoms with E-state index in [1.54, 1.807) is 6.07 Å². The van der Waals surface area contributed by atoms with Crippen molar-refractivity contribution in [3.8, 4) is 11.3 Å². The molecule has 1 aliphatic rings. The van der Waals surface area contributed by atoms with Gasteiger partial charge in [-0.2, -0.15) is 0 Å². The third-order valence-corrected chi connectivity index (χ3v) is 7.59. The summed E-state index contributed by atoms with van der Waals surface area (Å²) in [5.41, 5.74) is 5.24. The van der Waals surface area contributed by atoms with Crippen molar-refractivity contribution in [2.75, 3.05) is 32.1 Å². The van der Waals surface area contributed by atoms with Gasteiger partial charge in [-0.3, -0.25) is 4.79 Å². The summed E-state index contributed by atoms with van der Waals surface area (Å²) in [7, 11) is 2.10. The molecule has 4 aromatic rings. The molecule has 220 valence electrons. The largest absolute Gasteiger partial charge is 0.456 e. The number of para-hydroxylation sites is 1. The first-order valence-electron chi connectivity index (χ1n) is 14.5. The average molecular weight is 569 g/mol. The Balaban J connectivity index is 1.52. The van der Waals surface area contributed by atoms with Gasteiger partial charge in [-0.05, 0) is 77.9 Å². The number of esters is 1. The molecule has 7 heteroatoms. The third-order valence-electron chi connectivity index (χ3n) is 7.59. The molecule has 1 aromatic heterocycles. The summed E-state index contributed by atoms with van der Waals surface area (Å²) in [6.45, 7) is 13.8. The maximum Gasteiger partial charge on any atom is 0.340 e. The number of carbonyl (C=O) groups excluding carboxylic acids is 1. The van der Waals surface area contributed by atoms with E-state index < -0.39 is 11.6 Å². The molecule has 0 radical (unpaired) electrons. The molecule has 1 N–H and O–H groups in total. The van der Waals surface area contributed by atoms with Crippen LogP contribution in [-0.4, -0.2) is 43.2 Å². The van der Waals surface area contributed by atoms with Crippen molar-refractivity contribution in [1.29, 1.82) is 0 Å². The summed E-state index contributed by atoms with van der Waals surface area (Å²) >= 11 is 0. The number of ether oxygens (including phenoxy) is 2. The van der Waals surface area contributed by atoms with Crippen LogP contribution in [0, 0.1) is 13.8 Å². The van der Waals surface area contributed by atoms with E-state index in [1.807, 2.05) is 84.0 Å². The quantitative estimate of drug-likeness (QED) is 0.246. The monoisotopic (exact) mass is 568 g/mol. The van der Waals surface area contributed by atoms with E-state index in [4.69, 9.17) is 13.9 Å². The molecule has 1 unspecified atom stereocenters. The molecule has 0 spiro atoms. The van der Waals surface area contributed by atoms with Crippen LogP contribution in [-0.2, 0) is 9.47 Å². The Morgan fingerprint density at radius 1 is 1.07 bits per heavy atom. The number of hydrogen-bond donors (Lipinski definition) is 1. The van der Waals surface area contributed by atoms with Gasteiger partial charge in [0.15, 0.2) is 5.43 Å². The van der Waals surface area contributed by atoms with Crippen molar-refractivity contribution in [3.05, 3.63) is 98.7 Å². The lowest BCUT2D eigenvalue weighted by molar-refractivity contribution is -0.0208. The molecule has 2 atom stereocenters. The Bertz CT molecular complexity index is 1670. The maximum absolute atomic E-state index is 13.7.